The molecule has 1 fully saturated rings. The molecule has 4 rings (SSSR count). The highest BCUT2D eigenvalue weighted by atomic mass is 32.2. The van der Waals surface area contributed by atoms with Crippen molar-refractivity contribution in [1.82, 2.24) is 25.1 Å². The smallest absolute Gasteiger partial charge is 0.233 e. The summed E-state index contributed by atoms with van der Waals surface area (Å²) in [5.74, 6) is 1.83. The van der Waals surface area contributed by atoms with Crippen LogP contribution in [-0.4, -0.2) is 55.6 Å². The van der Waals surface area contributed by atoms with Gasteiger partial charge in [-0.25, -0.2) is 0 Å². The number of fused-ring (bicyclic) bond motifs is 1. The van der Waals surface area contributed by atoms with E-state index < -0.39 is 0 Å². The summed E-state index contributed by atoms with van der Waals surface area (Å²) in [6.45, 7) is 4.46. The standard InChI is InChI=1S/C17H21N5O3S/c1-11-4-3-5-12(2)21(11)16(23)9-26-17-18-19-20-22(17)13-6-7-14-15(8-13)25-10-24-14/h6-8,11-12H,3-5,9-10H2,1-2H3/t11-,12+. The van der Waals surface area contributed by atoms with Crippen LogP contribution in [-0.2, 0) is 4.79 Å². The first-order valence-corrected chi connectivity index (χ1v) is 9.74. The Morgan fingerprint density at radius 2 is 2.00 bits per heavy atom. The lowest BCUT2D eigenvalue weighted by Crippen LogP contribution is -2.48. The molecule has 2 aliphatic rings. The normalized spacial score (nSPS) is 21.8. The summed E-state index contributed by atoms with van der Waals surface area (Å²) in [6, 6.07) is 6.10. The van der Waals surface area contributed by atoms with Gasteiger partial charge >= 0.3 is 0 Å². The van der Waals surface area contributed by atoms with Gasteiger partial charge in [0.2, 0.25) is 17.9 Å². The van der Waals surface area contributed by atoms with Crippen LogP contribution < -0.4 is 9.47 Å². The predicted molar refractivity (Wildman–Crippen MR) is 95.6 cm³/mol. The van der Waals surface area contributed by atoms with Crippen molar-refractivity contribution in [2.75, 3.05) is 12.5 Å². The molecule has 8 nitrogen and oxygen atoms in total. The van der Waals surface area contributed by atoms with E-state index in [9.17, 15) is 4.79 Å². The molecule has 0 unspecified atom stereocenters. The number of rotatable bonds is 4. The van der Waals surface area contributed by atoms with Gasteiger partial charge in [0.25, 0.3) is 0 Å². The predicted octanol–water partition coefficient (Wildman–Crippen LogP) is 2.27. The average molecular weight is 375 g/mol. The van der Waals surface area contributed by atoms with Gasteiger partial charge in [-0.1, -0.05) is 11.8 Å². The van der Waals surface area contributed by atoms with Crippen molar-refractivity contribution >= 4 is 17.7 Å². The van der Waals surface area contributed by atoms with Crippen LogP contribution in [0.5, 0.6) is 11.5 Å². The van der Waals surface area contributed by atoms with Crippen LogP contribution in [0.15, 0.2) is 23.4 Å². The Kier molecular flexibility index (Phi) is 4.71. The second-order valence-corrected chi connectivity index (χ2v) is 7.57. The van der Waals surface area contributed by atoms with Gasteiger partial charge in [0.15, 0.2) is 11.5 Å². The number of carbonyl (C=O) groups excluding carboxylic acids is 1. The molecule has 3 heterocycles. The monoisotopic (exact) mass is 375 g/mol. The van der Waals surface area contributed by atoms with E-state index in [1.165, 1.54) is 18.2 Å². The van der Waals surface area contributed by atoms with Crippen molar-refractivity contribution in [3.63, 3.8) is 0 Å². The third-order valence-electron chi connectivity index (χ3n) is 4.85. The van der Waals surface area contributed by atoms with Crippen LogP contribution in [0.4, 0.5) is 0 Å². The number of benzene rings is 1. The van der Waals surface area contributed by atoms with E-state index in [-0.39, 0.29) is 24.8 Å². The zero-order valence-electron chi connectivity index (χ0n) is 14.8. The molecule has 1 saturated heterocycles. The van der Waals surface area contributed by atoms with Crippen molar-refractivity contribution in [3.05, 3.63) is 18.2 Å². The molecule has 138 valence electrons. The molecule has 1 amide bonds. The molecule has 2 aliphatic heterocycles. The van der Waals surface area contributed by atoms with Gasteiger partial charge in [0.1, 0.15) is 0 Å². The van der Waals surface area contributed by atoms with E-state index >= 15 is 0 Å². The SMILES string of the molecule is C[C@@H]1CCC[C@H](C)N1C(=O)CSc1nnnn1-c1ccc2c(c1)OCO2. The average Bonchev–Trinajstić information content (AvgIpc) is 3.28. The number of hydrogen-bond donors (Lipinski definition) is 0. The van der Waals surface area contributed by atoms with E-state index in [0.29, 0.717) is 22.4 Å². The van der Waals surface area contributed by atoms with Gasteiger partial charge in [-0.2, -0.15) is 4.68 Å². The zero-order chi connectivity index (χ0) is 18.1. The number of thioether (sulfide) groups is 1. The number of amides is 1. The van der Waals surface area contributed by atoms with Crippen molar-refractivity contribution < 1.29 is 14.3 Å². The van der Waals surface area contributed by atoms with Crippen LogP contribution in [0, 0.1) is 0 Å². The van der Waals surface area contributed by atoms with Gasteiger partial charge in [-0.15, -0.1) is 5.10 Å². The van der Waals surface area contributed by atoms with E-state index in [1.807, 2.05) is 23.1 Å². The van der Waals surface area contributed by atoms with Crippen LogP contribution in [0.3, 0.4) is 0 Å². The number of ether oxygens (including phenoxy) is 2. The Hall–Kier alpha value is -2.29. The van der Waals surface area contributed by atoms with Gasteiger partial charge in [0.05, 0.1) is 11.4 Å². The van der Waals surface area contributed by atoms with Crippen LogP contribution in [0.25, 0.3) is 5.69 Å². The number of tetrazole rings is 1. The first-order valence-electron chi connectivity index (χ1n) is 8.76. The molecule has 26 heavy (non-hydrogen) atoms. The van der Waals surface area contributed by atoms with Gasteiger partial charge in [-0.05, 0) is 55.7 Å². The second kappa shape index (κ2) is 7.14. The van der Waals surface area contributed by atoms with E-state index in [2.05, 4.69) is 29.4 Å². The minimum atomic E-state index is 0.134. The molecule has 1 aromatic carbocycles. The highest BCUT2D eigenvalue weighted by Gasteiger charge is 2.29. The summed E-state index contributed by atoms with van der Waals surface area (Å²) >= 11 is 1.35. The maximum Gasteiger partial charge on any atom is 0.233 e. The lowest BCUT2D eigenvalue weighted by Gasteiger charge is -2.39. The molecule has 0 saturated carbocycles. The van der Waals surface area contributed by atoms with Crippen LogP contribution in [0.1, 0.15) is 33.1 Å². The summed E-state index contributed by atoms with van der Waals surface area (Å²) in [6.07, 6.45) is 3.31. The number of carbonyl (C=O) groups is 1. The molecule has 1 aromatic heterocycles. The zero-order valence-corrected chi connectivity index (χ0v) is 15.6. The number of aromatic nitrogens is 4. The summed E-state index contributed by atoms with van der Waals surface area (Å²) in [7, 11) is 0. The van der Waals surface area contributed by atoms with Crippen molar-refractivity contribution in [1.29, 1.82) is 0 Å². The largest absolute Gasteiger partial charge is 0.454 e. The van der Waals surface area contributed by atoms with Gasteiger partial charge < -0.3 is 14.4 Å². The second-order valence-electron chi connectivity index (χ2n) is 6.63. The van der Waals surface area contributed by atoms with Crippen molar-refractivity contribution in [3.8, 4) is 17.2 Å². The quantitative estimate of drug-likeness (QED) is 0.758. The van der Waals surface area contributed by atoms with Gasteiger partial charge in [-0.3, -0.25) is 4.79 Å². The Bertz CT molecular complexity index is 801. The fraction of sp³-hybridized carbons (Fsp3) is 0.529. The first kappa shape index (κ1) is 17.1. The van der Waals surface area contributed by atoms with Gasteiger partial charge in [0, 0.05) is 18.2 Å². The highest BCUT2D eigenvalue weighted by molar-refractivity contribution is 7.99. The third kappa shape index (κ3) is 3.23. The molecule has 2 atom stereocenters. The fourth-order valence-corrected chi connectivity index (χ4v) is 4.32. The Labute approximate surface area is 155 Å². The molecular formula is C17H21N5O3S. The lowest BCUT2D eigenvalue weighted by atomic mass is 9.98. The number of likely N-dealkylation sites (tertiary alicyclic amines) is 1. The Balaban J connectivity index is 1.47. The molecule has 0 aliphatic carbocycles. The highest BCUT2D eigenvalue weighted by Crippen LogP contribution is 2.34. The number of piperidine rings is 1. The van der Waals surface area contributed by atoms with E-state index in [0.717, 1.165) is 18.5 Å². The Morgan fingerprint density at radius 1 is 1.23 bits per heavy atom. The lowest BCUT2D eigenvalue weighted by molar-refractivity contribution is -0.134. The molecular weight excluding hydrogens is 354 g/mol. The number of hydrogen-bond acceptors (Lipinski definition) is 7. The summed E-state index contributed by atoms with van der Waals surface area (Å²) < 4.78 is 12.3. The molecule has 0 N–H and O–H groups in total. The molecule has 0 radical (unpaired) electrons. The van der Waals surface area contributed by atoms with E-state index in [1.54, 1.807) is 4.68 Å². The maximum atomic E-state index is 12.7. The summed E-state index contributed by atoms with van der Waals surface area (Å²) in [4.78, 5) is 14.7. The van der Waals surface area contributed by atoms with Crippen molar-refractivity contribution in [2.24, 2.45) is 0 Å². The van der Waals surface area contributed by atoms with Crippen LogP contribution >= 0.6 is 11.8 Å². The number of nitrogens with zero attached hydrogens (tertiary/aromatic N) is 5. The van der Waals surface area contributed by atoms with Crippen molar-refractivity contribution in [2.45, 2.75) is 50.4 Å². The summed E-state index contributed by atoms with van der Waals surface area (Å²) in [5, 5.41) is 12.4. The molecule has 0 spiro atoms. The third-order valence-corrected chi connectivity index (χ3v) is 5.75. The minimum absolute atomic E-state index is 0.134. The fourth-order valence-electron chi connectivity index (χ4n) is 3.56. The molecule has 2 aromatic rings. The first-order chi connectivity index (χ1) is 12.6. The van der Waals surface area contributed by atoms with Crippen LogP contribution in [0.2, 0.25) is 0 Å². The van der Waals surface area contributed by atoms with E-state index in [4.69, 9.17) is 9.47 Å². The molecule has 9 heteroatoms. The topological polar surface area (TPSA) is 82.4 Å². The molecule has 0 bridgehead atoms. The Morgan fingerprint density at radius 3 is 2.81 bits per heavy atom. The maximum absolute atomic E-state index is 12.7. The summed E-state index contributed by atoms with van der Waals surface area (Å²) in [5.41, 5.74) is 0.772. The minimum Gasteiger partial charge on any atom is -0.454 e.